The van der Waals surface area contributed by atoms with E-state index < -0.39 is 0 Å². The van der Waals surface area contributed by atoms with Gasteiger partial charge >= 0.3 is 6.01 Å². The number of aromatic nitrogens is 3. The van der Waals surface area contributed by atoms with Gasteiger partial charge in [0.05, 0.1) is 12.8 Å². The van der Waals surface area contributed by atoms with E-state index in [2.05, 4.69) is 19.9 Å². The first-order chi connectivity index (χ1) is 11.2. The molecule has 1 saturated heterocycles. The summed E-state index contributed by atoms with van der Waals surface area (Å²) in [5, 5.41) is 0. The first-order valence-electron chi connectivity index (χ1n) is 7.90. The van der Waals surface area contributed by atoms with E-state index in [-0.39, 0.29) is 6.10 Å². The third kappa shape index (κ3) is 4.16. The average molecular weight is 314 g/mol. The zero-order valence-electron chi connectivity index (χ0n) is 13.6. The van der Waals surface area contributed by atoms with Gasteiger partial charge in [-0.1, -0.05) is 0 Å². The van der Waals surface area contributed by atoms with E-state index >= 15 is 0 Å². The molecular weight excluding hydrogens is 292 g/mol. The zero-order valence-corrected chi connectivity index (χ0v) is 13.6. The number of aryl methyl sites for hydroxylation is 1. The van der Waals surface area contributed by atoms with E-state index in [9.17, 15) is 0 Å². The molecule has 122 valence electrons. The Morgan fingerprint density at radius 2 is 2.04 bits per heavy atom. The van der Waals surface area contributed by atoms with Gasteiger partial charge in [0.15, 0.2) is 0 Å². The van der Waals surface area contributed by atoms with Crippen LogP contribution in [0.2, 0.25) is 0 Å². The van der Waals surface area contributed by atoms with Crippen LogP contribution in [0.5, 0.6) is 11.8 Å². The predicted molar refractivity (Wildman–Crippen MR) is 86.5 cm³/mol. The molecule has 0 amide bonds. The molecule has 0 atom stereocenters. The van der Waals surface area contributed by atoms with Gasteiger partial charge in [0.25, 0.3) is 0 Å². The summed E-state index contributed by atoms with van der Waals surface area (Å²) >= 11 is 0. The minimum absolute atomic E-state index is 0.271. The lowest BCUT2D eigenvalue weighted by molar-refractivity contribution is 0.0953. The van der Waals surface area contributed by atoms with Crippen molar-refractivity contribution in [2.75, 3.05) is 20.2 Å². The SMILES string of the molecule is COc1nccc(CN2CCC(Oc3ccncc3C)CC2)n1. The zero-order chi connectivity index (χ0) is 16.1. The second-order valence-electron chi connectivity index (χ2n) is 5.77. The molecular formula is C17H22N4O2. The molecule has 1 fully saturated rings. The Hall–Kier alpha value is -2.21. The Morgan fingerprint density at radius 1 is 1.22 bits per heavy atom. The van der Waals surface area contributed by atoms with Gasteiger partial charge in [-0.05, 0) is 31.9 Å². The number of hydrogen-bond donors (Lipinski definition) is 0. The number of rotatable bonds is 5. The number of nitrogens with zero attached hydrogens (tertiary/aromatic N) is 4. The molecule has 0 unspecified atom stereocenters. The molecule has 0 spiro atoms. The van der Waals surface area contributed by atoms with E-state index in [0.717, 1.165) is 49.5 Å². The van der Waals surface area contributed by atoms with Crippen LogP contribution >= 0.6 is 0 Å². The molecule has 0 bridgehead atoms. The van der Waals surface area contributed by atoms with Crippen molar-refractivity contribution in [3.8, 4) is 11.8 Å². The van der Waals surface area contributed by atoms with Crippen LogP contribution in [0.3, 0.4) is 0 Å². The largest absolute Gasteiger partial charge is 0.490 e. The van der Waals surface area contributed by atoms with E-state index in [1.807, 2.05) is 25.3 Å². The van der Waals surface area contributed by atoms with E-state index in [0.29, 0.717) is 6.01 Å². The molecule has 0 saturated carbocycles. The smallest absolute Gasteiger partial charge is 0.316 e. The highest BCUT2D eigenvalue weighted by Gasteiger charge is 2.21. The van der Waals surface area contributed by atoms with E-state index in [4.69, 9.17) is 9.47 Å². The van der Waals surface area contributed by atoms with Crippen molar-refractivity contribution in [2.45, 2.75) is 32.4 Å². The fraction of sp³-hybridized carbons (Fsp3) is 0.471. The lowest BCUT2D eigenvalue weighted by Crippen LogP contribution is -2.38. The van der Waals surface area contributed by atoms with Crippen molar-refractivity contribution in [1.29, 1.82) is 0 Å². The van der Waals surface area contributed by atoms with Gasteiger partial charge in [0.1, 0.15) is 11.9 Å². The summed E-state index contributed by atoms with van der Waals surface area (Å²) in [7, 11) is 1.59. The molecule has 3 heterocycles. The van der Waals surface area contributed by atoms with Gasteiger partial charge in [-0.15, -0.1) is 0 Å². The molecule has 0 N–H and O–H groups in total. The highest BCUT2D eigenvalue weighted by atomic mass is 16.5. The first-order valence-corrected chi connectivity index (χ1v) is 7.90. The van der Waals surface area contributed by atoms with Crippen LogP contribution in [-0.2, 0) is 6.54 Å². The van der Waals surface area contributed by atoms with Crippen LogP contribution in [0.15, 0.2) is 30.7 Å². The lowest BCUT2D eigenvalue weighted by atomic mass is 10.1. The number of methoxy groups -OCH3 is 1. The molecule has 0 aromatic carbocycles. The third-order valence-corrected chi connectivity index (χ3v) is 4.06. The van der Waals surface area contributed by atoms with E-state index in [1.165, 1.54) is 0 Å². The Kier molecular flexibility index (Phi) is 5.02. The molecule has 3 rings (SSSR count). The Bertz CT molecular complexity index is 642. The highest BCUT2D eigenvalue weighted by Crippen LogP contribution is 2.22. The van der Waals surface area contributed by atoms with Gasteiger partial charge in [-0.3, -0.25) is 9.88 Å². The highest BCUT2D eigenvalue weighted by molar-refractivity contribution is 5.28. The Balaban J connectivity index is 1.51. The lowest BCUT2D eigenvalue weighted by Gasteiger charge is -2.32. The summed E-state index contributed by atoms with van der Waals surface area (Å²) in [5.41, 5.74) is 2.07. The monoisotopic (exact) mass is 314 g/mol. The van der Waals surface area contributed by atoms with Crippen molar-refractivity contribution in [2.24, 2.45) is 0 Å². The maximum absolute atomic E-state index is 6.11. The van der Waals surface area contributed by atoms with Crippen LogP contribution in [0.4, 0.5) is 0 Å². The van der Waals surface area contributed by atoms with Crippen molar-refractivity contribution < 1.29 is 9.47 Å². The van der Waals surface area contributed by atoms with Crippen LogP contribution < -0.4 is 9.47 Å². The summed E-state index contributed by atoms with van der Waals surface area (Å²) in [4.78, 5) is 14.9. The standard InChI is InChI=1S/C17H22N4O2/c1-13-11-18-7-4-16(13)23-15-5-9-21(10-6-15)12-14-3-8-19-17(20-14)22-2/h3-4,7-8,11,15H,5-6,9-10,12H2,1-2H3. The van der Waals surface area contributed by atoms with Crippen LogP contribution in [0.1, 0.15) is 24.1 Å². The maximum Gasteiger partial charge on any atom is 0.316 e. The van der Waals surface area contributed by atoms with Gasteiger partial charge in [0, 0.05) is 43.8 Å². The van der Waals surface area contributed by atoms with Crippen molar-refractivity contribution >= 4 is 0 Å². The Labute approximate surface area is 136 Å². The fourth-order valence-electron chi connectivity index (χ4n) is 2.75. The molecule has 6 heteroatoms. The molecule has 23 heavy (non-hydrogen) atoms. The van der Waals surface area contributed by atoms with Gasteiger partial charge < -0.3 is 9.47 Å². The fourth-order valence-corrected chi connectivity index (χ4v) is 2.75. The summed E-state index contributed by atoms with van der Waals surface area (Å²) in [6.45, 7) is 4.85. The molecule has 0 radical (unpaired) electrons. The van der Waals surface area contributed by atoms with Crippen molar-refractivity contribution in [3.05, 3.63) is 42.0 Å². The van der Waals surface area contributed by atoms with Gasteiger partial charge in [-0.25, -0.2) is 4.98 Å². The quantitative estimate of drug-likeness (QED) is 0.843. The molecule has 2 aromatic rings. The number of pyridine rings is 1. The van der Waals surface area contributed by atoms with Crippen LogP contribution in [0.25, 0.3) is 0 Å². The molecule has 2 aromatic heterocycles. The number of piperidine rings is 1. The normalized spacial score (nSPS) is 16.3. The number of ether oxygens (including phenoxy) is 2. The molecule has 1 aliphatic heterocycles. The van der Waals surface area contributed by atoms with Crippen LogP contribution in [-0.4, -0.2) is 46.2 Å². The second-order valence-corrected chi connectivity index (χ2v) is 5.77. The van der Waals surface area contributed by atoms with E-state index in [1.54, 1.807) is 19.5 Å². The molecule has 6 nitrogen and oxygen atoms in total. The Morgan fingerprint density at radius 3 is 2.78 bits per heavy atom. The number of likely N-dealkylation sites (tertiary alicyclic amines) is 1. The van der Waals surface area contributed by atoms with Crippen molar-refractivity contribution in [1.82, 2.24) is 19.9 Å². The third-order valence-electron chi connectivity index (χ3n) is 4.06. The predicted octanol–water partition coefficient (Wildman–Crippen LogP) is 2.23. The van der Waals surface area contributed by atoms with Crippen molar-refractivity contribution in [3.63, 3.8) is 0 Å². The topological polar surface area (TPSA) is 60.4 Å². The first kappa shape index (κ1) is 15.7. The van der Waals surface area contributed by atoms with Gasteiger partial charge in [-0.2, -0.15) is 4.98 Å². The molecule has 0 aliphatic carbocycles. The van der Waals surface area contributed by atoms with Gasteiger partial charge in [0.2, 0.25) is 0 Å². The van der Waals surface area contributed by atoms with Crippen LogP contribution in [0, 0.1) is 6.92 Å². The minimum Gasteiger partial charge on any atom is -0.490 e. The summed E-state index contributed by atoms with van der Waals surface area (Å²) in [6.07, 6.45) is 7.66. The minimum atomic E-state index is 0.271. The summed E-state index contributed by atoms with van der Waals surface area (Å²) in [6, 6.07) is 4.30. The second kappa shape index (κ2) is 7.37. The maximum atomic E-state index is 6.11. The summed E-state index contributed by atoms with van der Waals surface area (Å²) < 4.78 is 11.2. The number of hydrogen-bond acceptors (Lipinski definition) is 6. The average Bonchev–Trinajstić information content (AvgIpc) is 2.59. The molecule has 1 aliphatic rings. The summed E-state index contributed by atoms with van der Waals surface area (Å²) in [5.74, 6) is 0.944.